The molecule has 0 saturated carbocycles. The highest BCUT2D eigenvalue weighted by Gasteiger charge is 2.27. The van der Waals surface area contributed by atoms with Gasteiger partial charge in [-0.25, -0.2) is 9.59 Å². The second-order valence-corrected chi connectivity index (χ2v) is 7.52. The summed E-state index contributed by atoms with van der Waals surface area (Å²) >= 11 is 1.53. The predicted molar refractivity (Wildman–Crippen MR) is 104 cm³/mol. The van der Waals surface area contributed by atoms with Gasteiger partial charge in [-0.2, -0.15) is 0 Å². The first-order valence-corrected chi connectivity index (χ1v) is 9.95. The number of carbonyl (C=O) groups excluding carboxylic acids is 4. The first-order valence-electron chi connectivity index (χ1n) is 8.96. The Kier molecular flexibility index (Phi) is 7.86. The van der Waals surface area contributed by atoms with Crippen LogP contribution >= 0.6 is 11.8 Å². The van der Waals surface area contributed by atoms with Crippen LogP contribution < -0.4 is 10.6 Å². The van der Waals surface area contributed by atoms with Crippen LogP contribution in [0.25, 0.3) is 0 Å². The molecule has 0 radical (unpaired) electrons. The molecule has 2 rings (SSSR count). The van der Waals surface area contributed by atoms with Crippen LogP contribution in [0.15, 0.2) is 23.1 Å². The first-order chi connectivity index (χ1) is 13.3. The Labute approximate surface area is 167 Å². The van der Waals surface area contributed by atoms with E-state index in [2.05, 4.69) is 10.6 Å². The average molecular weight is 408 g/mol. The Morgan fingerprint density at radius 3 is 2.75 bits per heavy atom. The van der Waals surface area contributed by atoms with Crippen LogP contribution in [0.5, 0.6) is 0 Å². The van der Waals surface area contributed by atoms with Gasteiger partial charge in [-0.1, -0.05) is 20.3 Å². The van der Waals surface area contributed by atoms with Crippen molar-refractivity contribution in [2.45, 2.75) is 37.6 Å². The quantitative estimate of drug-likeness (QED) is 0.664. The Morgan fingerprint density at radius 2 is 2.07 bits per heavy atom. The number of fused-ring (bicyclic) bond motifs is 1. The van der Waals surface area contributed by atoms with E-state index in [-0.39, 0.29) is 17.4 Å². The molecule has 0 fully saturated rings. The van der Waals surface area contributed by atoms with Gasteiger partial charge >= 0.3 is 11.9 Å². The second-order valence-electron chi connectivity index (χ2n) is 6.39. The monoisotopic (exact) mass is 408 g/mol. The molecule has 1 heterocycles. The van der Waals surface area contributed by atoms with E-state index in [9.17, 15) is 19.2 Å². The summed E-state index contributed by atoms with van der Waals surface area (Å²) in [5.41, 5.74) is 0.773. The minimum atomic E-state index is -0.805. The third kappa shape index (κ3) is 5.72. The molecular weight excluding hydrogens is 384 g/mol. The van der Waals surface area contributed by atoms with Gasteiger partial charge < -0.3 is 20.1 Å². The molecule has 1 aromatic carbocycles. The number of thioether (sulfide) groups is 1. The highest BCUT2D eigenvalue weighted by Crippen LogP contribution is 2.31. The number of amides is 2. The molecule has 9 heteroatoms. The fourth-order valence-corrected chi connectivity index (χ4v) is 3.51. The Balaban J connectivity index is 1.97. The zero-order valence-corrected chi connectivity index (χ0v) is 16.9. The van der Waals surface area contributed by atoms with Crippen molar-refractivity contribution in [3.05, 3.63) is 23.8 Å². The molecule has 0 aliphatic carbocycles. The summed E-state index contributed by atoms with van der Waals surface area (Å²) < 4.78 is 9.75. The summed E-state index contributed by atoms with van der Waals surface area (Å²) in [6.07, 6.45) is 1.07. The molecule has 8 nitrogen and oxygen atoms in total. The molecule has 0 spiro atoms. The summed E-state index contributed by atoms with van der Waals surface area (Å²) in [6.45, 7) is 3.18. The zero-order chi connectivity index (χ0) is 20.7. The number of ether oxygens (including phenoxy) is 2. The van der Waals surface area contributed by atoms with Crippen LogP contribution in [-0.4, -0.2) is 49.3 Å². The minimum absolute atomic E-state index is 0.116. The lowest BCUT2D eigenvalue weighted by Crippen LogP contribution is -2.47. The van der Waals surface area contributed by atoms with E-state index in [0.717, 1.165) is 4.90 Å². The topological polar surface area (TPSA) is 111 Å². The van der Waals surface area contributed by atoms with Gasteiger partial charge in [0.1, 0.15) is 6.04 Å². The third-order valence-electron chi connectivity index (χ3n) is 4.39. The van der Waals surface area contributed by atoms with Crippen molar-refractivity contribution >= 4 is 41.2 Å². The molecule has 0 saturated heterocycles. The standard InChI is InChI=1S/C19H24N2O6S/c1-4-11(2)17(19(25)26-3)21-16(23)10-27-18(24)12-5-6-14-13(9-12)20-15(22)7-8-28-14/h5-6,9,11,17H,4,7-8,10H2,1-3H3,(H,20,22)(H,21,23)/t11-,17-/m1/s1. The summed E-state index contributed by atoms with van der Waals surface area (Å²) in [4.78, 5) is 48.7. The van der Waals surface area contributed by atoms with Crippen molar-refractivity contribution in [1.82, 2.24) is 5.32 Å². The Bertz CT molecular complexity index is 767. The lowest BCUT2D eigenvalue weighted by Gasteiger charge is -2.21. The van der Waals surface area contributed by atoms with E-state index in [1.165, 1.54) is 24.9 Å². The van der Waals surface area contributed by atoms with Crippen LogP contribution in [0.1, 0.15) is 37.0 Å². The van der Waals surface area contributed by atoms with Crippen LogP contribution in [0, 0.1) is 5.92 Å². The first kappa shape index (κ1) is 21.7. The van der Waals surface area contributed by atoms with Gasteiger partial charge in [-0.3, -0.25) is 9.59 Å². The largest absolute Gasteiger partial charge is 0.467 e. The van der Waals surface area contributed by atoms with E-state index < -0.39 is 30.5 Å². The molecule has 1 aliphatic heterocycles. The summed E-state index contributed by atoms with van der Waals surface area (Å²) in [5.74, 6) is -1.41. The van der Waals surface area contributed by atoms with Crippen LogP contribution in [-0.2, 0) is 23.9 Å². The molecule has 2 N–H and O–H groups in total. The summed E-state index contributed by atoms with van der Waals surface area (Å²) in [6, 6.07) is 4.04. The van der Waals surface area contributed by atoms with Crippen molar-refractivity contribution in [3.8, 4) is 0 Å². The maximum atomic E-state index is 12.3. The van der Waals surface area contributed by atoms with Crippen molar-refractivity contribution in [2.24, 2.45) is 5.92 Å². The minimum Gasteiger partial charge on any atom is -0.467 e. The normalized spacial score (nSPS) is 15.3. The van der Waals surface area contributed by atoms with Gasteiger partial charge in [0.05, 0.1) is 18.4 Å². The Morgan fingerprint density at radius 1 is 1.32 bits per heavy atom. The van der Waals surface area contributed by atoms with Gasteiger partial charge in [0.2, 0.25) is 5.91 Å². The van der Waals surface area contributed by atoms with Gasteiger partial charge in [-0.15, -0.1) is 11.8 Å². The maximum Gasteiger partial charge on any atom is 0.338 e. The second kappa shape index (κ2) is 10.1. The molecule has 28 heavy (non-hydrogen) atoms. The molecule has 1 aliphatic rings. The number of rotatable bonds is 7. The van der Waals surface area contributed by atoms with Crippen molar-refractivity contribution in [1.29, 1.82) is 0 Å². The van der Waals surface area contributed by atoms with E-state index in [1.54, 1.807) is 12.1 Å². The van der Waals surface area contributed by atoms with Gasteiger partial charge in [0, 0.05) is 17.1 Å². The molecule has 2 amide bonds. The molecule has 0 aromatic heterocycles. The van der Waals surface area contributed by atoms with Crippen LogP contribution in [0.3, 0.4) is 0 Å². The number of hydrogen-bond donors (Lipinski definition) is 2. The number of esters is 2. The van der Waals surface area contributed by atoms with E-state index in [4.69, 9.17) is 9.47 Å². The van der Waals surface area contributed by atoms with Crippen molar-refractivity contribution < 1.29 is 28.7 Å². The van der Waals surface area contributed by atoms with Crippen molar-refractivity contribution in [2.75, 3.05) is 24.8 Å². The highest BCUT2D eigenvalue weighted by molar-refractivity contribution is 7.99. The predicted octanol–water partition coefficient (Wildman–Crippen LogP) is 1.98. The van der Waals surface area contributed by atoms with E-state index >= 15 is 0 Å². The van der Waals surface area contributed by atoms with E-state index in [1.807, 2.05) is 13.8 Å². The van der Waals surface area contributed by atoms with Crippen LogP contribution in [0.2, 0.25) is 0 Å². The number of benzene rings is 1. The fourth-order valence-electron chi connectivity index (χ4n) is 2.57. The highest BCUT2D eigenvalue weighted by atomic mass is 32.2. The number of carbonyl (C=O) groups is 4. The number of methoxy groups -OCH3 is 1. The molecule has 1 aromatic rings. The lowest BCUT2D eigenvalue weighted by atomic mass is 9.99. The Hall–Kier alpha value is -2.55. The summed E-state index contributed by atoms with van der Waals surface area (Å²) in [5, 5.41) is 5.29. The molecule has 0 bridgehead atoms. The number of nitrogens with one attached hydrogen (secondary N) is 2. The smallest absolute Gasteiger partial charge is 0.338 e. The maximum absolute atomic E-state index is 12.3. The summed E-state index contributed by atoms with van der Waals surface area (Å²) in [7, 11) is 1.25. The third-order valence-corrected chi connectivity index (χ3v) is 5.47. The van der Waals surface area contributed by atoms with Gasteiger partial charge in [-0.05, 0) is 24.1 Å². The van der Waals surface area contributed by atoms with E-state index in [0.29, 0.717) is 24.3 Å². The lowest BCUT2D eigenvalue weighted by molar-refractivity contribution is -0.147. The zero-order valence-electron chi connectivity index (χ0n) is 16.1. The SMILES string of the molecule is CC[C@@H](C)[C@@H](NC(=O)COC(=O)c1ccc2c(c1)NC(=O)CCS2)C(=O)OC. The number of hydrogen-bond acceptors (Lipinski definition) is 7. The molecule has 2 atom stereocenters. The molecule has 152 valence electrons. The molecular formula is C19H24N2O6S. The van der Waals surface area contributed by atoms with Gasteiger partial charge in [0.15, 0.2) is 6.61 Å². The van der Waals surface area contributed by atoms with Gasteiger partial charge in [0.25, 0.3) is 5.91 Å². The fraction of sp³-hybridized carbons (Fsp3) is 0.474. The number of anilines is 1. The van der Waals surface area contributed by atoms with Crippen LogP contribution in [0.4, 0.5) is 5.69 Å². The molecule has 0 unspecified atom stereocenters. The average Bonchev–Trinajstić information content (AvgIpc) is 2.88. The van der Waals surface area contributed by atoms with Crippen molar-refractivity contribution in [3.63, 3.8) is 0 Å².